The van der Waals surface area contributed by atoms with Crippen LogP contribution in [0.25, 0.3) is 22.4 Å². The van der Waals surface area contributed by atoms with Gasteiger partial charge in [-0.25, -0.2) is 4.98 Å². The van der Waals surface area contributed by atoms with E-state index in [1.807, 2.05) is 36.4 Å². The van der Waals surface area contributed by atoms with Gasteiger partial charge in [0.15, 0.2) is 0 Å². The maximum absolute atomic E-state index is 11.1. The fraction of sp³-hybridized carbons (Fsp3) is 0.300. The second-order valence-corrected chi connectivity index (χ2v) is 6.93. The third kappa shape index (κ3) is 3.14. The fourth-order valence-corrected chi connectivity index (χ4v) is 3.81. The second-order valence-electron chi connectivity index (χ2n) is 6.49. The Morgan fingerprint density at radius 2 is 1.88 bits per heavy atom. The van der Waals surface area contributed by atoms with E-state index in [2.05, 4.69) is 10.6 Å². The van der Waals surface area contributed by atoms with Gasteiger partial charge in [0.1, 0.15) is 11.6 Å². The number of fused-ring (bicyclic) bond motifs is 1. The molecule has 2 aromatic carbocycles. The lowest BCUT2D eigenvalue weighted by atomic mass is 10.1. The number of halogens is 1. The van der Waals surface area contributed by atoms with Gasteiger partial charge in [-0.2, -0.15) is 0 Å². The summed E-state index contributed by atoms with van der Waals surface area (Å²) >= 11 is 6.16. The quantitative estimate of drug-likeness (QED) is 0.467. The van der Waals surface area contributed by atoms with E-state index in [0.717, 1.165) is 22.4 Å². The van der Waals surface area contributed by atoms with Gasteiger partial charge < -0.3 is 9.30 Å². The molecule has 1 fully saturated rings. The summed E-state index contributed by atoms with van der Waals surface area (Å²) in [6, 6.07) is 13.9. The molecule has 1 aliphatic carbocycles. The van der Waals surface area contributed by atoms with Crippen LogP contribution >= 0.6 is 11.6 Å². The summed E-state index contributed by atoms with van der Waals surface area (Å²) < 4.78 is 7.47. The highest BCUT2D eigenvalue weighted by molar-refractivity contribution is 6.31. The van der Waals surface area contributed by atoms with Crippen LogP contribution in [0.4, 0.5) is 0 Å². The number of benzene rings is 2. The van der Waals surface area contributed by atoms with Crippen LogP contribution in [-0.2, 0) is 4.79 Å². The average Bonchev–Trinajstić information content (AvgIpc) is 3.21. The van der Waals surface area contributed by atoms with E-state index in [-0.39, 0.29) is 5.97 Å². The molecule has 1 aliphatic rings. The largest absolute Gasteiger partial charge is 0.427 e. The monoisotopic (exact) mass is 354 g/mol. The molecule has 0 radical (unpaired) electrons. The normalized spacial score (nSPS) is 15.0. The molecule has 128 valence electrons. The molecule has 0 N–H and O–H groups in total. The first-order chi connectivity index (χ1) is 12.1. The highest BCUT2D eigenvalue weighted by Gasteiger charge is 2.23. The van der Waals surface area contributed by atoms with Crippen molar-refractivity contribution in [2.75, 3.05) is 0 Å². The van der Waals surface area contributed by atoms with Crippen molar-refractivity contribution in [1.82, 2.24) is 9.55 Å². The molecule has 0 atom stereocenters. The number of carbonyl (C=O) groups excluding carboxylic acids is 1. The zero-order chi connectivity index (χ0) is 17.4. The molecule has 3 aromatic rings. The molecule has 4 nitrogen and oxygen atoms in total. The lowest BCUT2D eigenvalue weighted by Crippen LogP contribution is -2.06. The standard InChI is InChI=1S/C20H19ClN2O2/c1-13(24)25-17-9-6-14(7-10-17)20-22-18-12-15(21)8-11-19(18)23(20)16-4-2-3-5-16/h6-12,16H,2-5H2,1H3. The molecule has 0 bridgehead atoms. The van der Waals surface area contributed by atoms with E-state index >= 15 is 0 Å². The van der Waals surface area contributed by atoms with E-state index in [9.17, 15) is 4.79 Å². The summed E-state index contributed by atoms with van der Waals surface area (Å²) in [4.78, 5) is 15.9. The first-order valence-corrected chi connectivity index (χ1v) is 8.96. The van der Waals surface area contributed by atoms with Crippen LogP contribution in [0.15, 0.2) is 42.5 Å². The van der Waals surface area contributed by atoms with Crippen LogP contribution in [0.5, 0.6) is 5.75 Å². The zero-order valence-electron chi connectivity index (χ0n) is 14.0. The van der Waals surface area contributed by atoms with Crippen LogP contribution in [0, 0.1) is 0 Å². The lowest BCUT2D eigenvalue weighted by Gasteiger charge is -2.16. The van der Waals surface area contributed by atoms with Gasteiger partial charge in [0.05, 0.1) is 11.0 Å². The van der Waals surface area contributed by atoms with Gasteiger partial charge in [-0.3, -0.25) is 4.79 Å². The van der Waals surface area contributed by atoms with E-state index < -0.39 is 0 Å². The summed E-state index contributed by atoms with van der Waals surface area (Å²) in [7, 11) is 0. The van der Waals surface area contributed by atoms with Gasteiger partial charge in [-0.15, -0.1) is 0 Å². The molecule has 0 amide bonds. The summed E-state index contributed by atoms with van der Waals surface area (Å²) in [5.74, 6) is 1.17. The maximum atomic E-state index is 11.1. The molecule has 0 spiro atoms. The highest BCUT2D eigenvalue weighted by Crippen LogP contribution is 2.37. The molecule has 1 saturated carbocycles. The van der Waals surface area contributed by atoms with Crippen LogP contribution in [0.1, 0.15) is 38.6 Å². The summed E-state index contributed by atoms with van der Waals surface area (Å²) in [6.45, 7) is 1.40. The first-order valence-electron chi connectivity index (χ1n) is 8.58. The van der Waals surface area contributed by atoms with Gasteiger partial charge >= 0.3 is 5.97 Å². The van der Waals surface area contributed by atoms with E-state index in [0.29, 0.717) is 16.8 Å². The molecule has 0 aliphatic heterocycles. The van der Waals surface area contributed by atoms with Crippen molar-refractivity contribution in [2.24, 2.45) is 0 Å². The minimum Gasteiger partial charge on any atom is -0.427 e. The Hall–Kier alpha value is -2.33. The first kappa shape index (κ1) is 16.2. The van der Waals surface area contributed by atoms with Crippen molar-refractivity contribution in [3.8, 4) is 17.1 Å². The van der Waals surface area contributed by atoms with E-state index in [4.69, 9.17) is 21.3 Å². The minimum absolute atomic E-state index is 0.319. The Morgan fingerprint density at radius 3 is 2.56 bits per heavy atom. The summed E-state index contributed by atoms with van der Waals surface area (Å²) in [5, 5.41) is 0.695. The zero-order valence-corrected chi connectivity index (χ0v) is 14.8. The molecule has 25 heavy (non-hydrogen) atoms. The number of hydrogen-bond acceptors (Lipinski definition) is 3. The molecule has 0 unspecified atom stereocenters. The van der Waals surface area contributed by atoms with Crippen LogP contribution in [0.2, 0.25) is 5.02 Å². The summed E-state index contributed by atoms with van der Waals surface area (Å²) in [5.41, 5.74) is 3.05. The highest BCUT2D eigenvalue weighted by atomic mass is 35.5. The number of hydrogen-bond donors (Lipinski definition) is 0. The predicted molar refractivity (Wildman–Crippen MR) is 99.0 cm³/mol. The number of carbonyl (C=O) groups is 1. The number of esters is 1. The third-order valence-corrected chi connectivity index (χ3v) is 4.95. The number of imidazole rings is 1. The number of nitrogens with zero attached hydrogens (tertiary/aromatic N) is 2. The van der Waals surface area contributed by atoms with Gasteiger partial charge in [0.25, 0.3) is 0 Å². The molecular weight excluding hydrogens is 336 g/mol. The minimum atomic E-state index is -0.319. The third-order valence-electron chi connectivity index (χ3n) is 4.72. The number of ether oxygens (including phenoxy) is 1. The Balaban J connectivity index is 1.82. The van der Waals surface area contributed by atoms with Crippen LogP contribution in [0.3, 0.4) is 0 Å². The fourth-order valence-electron chi connectivity index (χ4n) is 3.65. The van der Waals surface area contributed by atoms with Gasteiger partial charge in [0, 0.05) is 23.6 Å². The number of aromatic nitrogens is 2. The molecule has 1 aromatic heterocycles. The van der Waals surface area contributed by atoms with Gasteiger partial charge in [-0.05, 0) is 55.3 Å². The SMILES string of the molecule is CC(=O)Oc1ccc(-c2nc3cc(Cl)ccc3n2C2CCCC2)cc1. The lowest BCUT2D eigenvalue weighted by molar-refractivity contribution is -0.131. The van der Waals surface area contributed by atoms with E-state index in [1.165, 1.54) is 32.6 Å². The molecule has 5 heteroatoms. The van der Waals surface area contributed by atoms with Gasteiger partial charge in [0.2, 0.25) is 0 Å². The maximum Gasteiger partial charge on any atom is 0.308 e. The molecule has 1 heterocycles. The van der Waals surface area contributed by atoms with Crippen molar-refractivity contribution in [2.45, 2.75) is 38.6 Å². The van der Waals surface area contributed by atoms with Crippen molar-refractivity contribution in [1.29, 1.82) is 0 Å². The Labute approximate surface area is 151 Å². The van der Waals surface area contributed by atoms with Crippen LogP contribution in [-0.4, -0.2) is 15.5 Å². The van der Waals surface area contributed by atoms with Crippen molar-refractivity contribution in [3.63, 3.8) is 0 Å². The predicted octanol–water partition coefficient (Wildman–Crippen LogP) is 5.40. The topological polar surface area (TPSA) is 44.1 Å². The molecule has 4 rings (SSSR count). The van der Waals surface area contributed by atoms with Crippen molar-refractivity contribution in [3.05, 3.63) is 47.5 Å². The molecule has 0 saturated heterocycles. The van der Waals surface area contributed by atoms with Crippen molar-refractivity contribution >= 4 is 28.6 Å². The van der Waals surface area contributed by atoms with E-state index in [1.54, 1.807) is 0 Å². The van der Waals surface area contributed by atoms with Crippen molar-refractivity contribution < 1.29 is 9.53 Å². The summed E-state index contributed by atoms with van der Waals surface area (Å²) in [6.07, 6.45) is 4.85. The second kappa shape index (κ2) is 6.52. The Kier molecular flexibility index (Phi) is 4.22. The Morgan fingerprint density at radius 1 is 1.16 bits per heavy atom. The average molecular weight is 355 g/mol. The van der Waals surface area contributed by atoms with Crippen LogP contribution < -0.4 is 4.74 Å². The van der Waals surface area contributed by atoms with Gasteiger partial charge in [-0.1, -0.05) is 24.4 Å². The smallest absolute Gasteiger partial charge is 0.308 e. The Bertz CT molecular complexity index is 925. The number of rotatable bonds is 3. The molecular formula is C20H19ClN2O2.